The lowest BCUT2D eigenvalue weighted by Crippen LogP contribution is -1.89. The number of rotatable bonds is 3. The summed E-state index contributed by atoms with van der Waals surface area (Å²) in [5.74, 6) is 0.320. The maximum Gasteiger partial charge on any atom is 0.271 e. The van der Waals surface area contributed by atoms with Crippen molar-refractivity contribution in [3.05, 3.63) is 39.5 Å². The molecule has 6 nitrogen and oxygen atoms in total. The van der Waals surface area contributed by atoms with Gasteiger partial charge in [0.1, 0.15) is 5.75 Å². The summed E-state index contributed by atoms with van der Waals surface area (Å²) in [7, 11) is 0. The average molecular weight is 272 g/mol. The van der Waals surface area contributed by atoms with Gasteiger partial charge >= 0.3 is 0 Å². The summed E-state index contributed by atoms with van der Waals surface area (Å²) in [5, 5.41) is 11.5. The fourth-order valence-electron chi connectivity index (χ4n) is 1.11. The number of nitrogen functional groups attached to an aromatic ring is 1. The number of aromatic nitrogens is 1. The van der Waals surface area contributed by atoms with Crippen LogP contribution in [0.15, 0.2) is 24.4 Å². The molecule has 8 heteroatoms. The average Bonchev–Trinajstić information content (AvgIpc) is 2.67. The first-order chi connectivity index (χ1) is 8.06. The van der Waals surface area contributed by atoms with Gasteiger partial charge in [-0.3, -0.25) is 10.1 Å². The molecule has 0 aliphatic rings. The number of halogens is 1. The number of benzene rings is 1. The van der Waals surface area contributed by atoms with Crippen LogP contribution in [0, 0.1) is 10.1 Å². The molecule has 0 fully saturated rings. The molecule has 1 aromatic carbocycles. The second-order valence-corrected chi connectivity index (χ2v) is 4.42. The van der Waals surface area contributed by atoms with Gasteiger partial charge < -0.3 is 10.5 Å². The number of hydrogen-bond acceptors (Lipinski definition) is 6. The van der Waals surface area contributed by atoms with E-state index in [9.17, 15) is 10.1 Å². The standard InChI is InChI=1S/C9H6ClN3O3S/c10-6-3-5(13(14)15)1-2-7(6)16-8-4-12-9(11)17-8/h1-4H,(H2,11,12). The largest absolute Gasteiger partial charge is 0.443 e. The zero-order valence-electron chi connectivity index (χ0n) is 8.29. The Morgan fingerprint density at radius 3 is 2.82 bits per heavy atom. The minimum Gasteiger partial charge on any atom is -0.443 e. The lowest BCUT2D eigenvalue weighted by molar-refractivity contribution is -0.384. The van der Waals surface area contributed by atoms with Crippen molar-refractivity contribution < 1.29 is 9.66 Å². The molecule has 0 saturated carbocycles. The van der Waals surface area contributed by atoms with Crippen molar-refractivity contribution in [2.24, 2.45) is 0 Å². The van der Waals surface area contributed by atoms with Gasteiger partial charge in [-0.2, -0.15) is 0 Å². The Labute approximate surface area is 105 Å². The van der Waals surface area contributed by atoms with Crippen LogP contribution in [0.3, 0.4) is 0 Å². The number of ether oxygens (including phenoxy) is 1. The molecule has 2 rings (SSSR count). The molecule has 17 heavy (non-hydrogen) atoms. The van der Waals surface area contributed by atoms with E-state index in [1.54, 1.807) is 0 Å². The van der Waals surface area contributed by atoms with E-state index in [-0.39, 0.29) is 10.7 Å². The Hall–Kier alpha value is -1.86. The van der Waals surface area contributed by atoms with Gasteiger partial charge in [0.05, 0.1) is 16.1 Å². The van der Waals surface area contributed by atoms with Gasteiger partial charge in [-0.25, -0.2) is 4.98 Å². The molecule has 2 aromatic rings. The maximum atomic E-state index is 10.5. The topological polar surface area (TPSA) is 91.3 Å². The van der Waals surface area contributed by atoms with Crippen molar-refractivity contribution in [3.8, 4) is 10.8 Å². The predicted octanol–water partition coefficient (Wildman–Crippen LogP) is 3.08. The van der Waals surface area contributed by atoms with Crippen LogP contribution in [0.1, 0.15) is 0 Å². The fourth-order valence-corrected chi connectivity index (χ4v) is 1.88. The molecule has 0 saturated heterocycles. The van der Waals surface area contributed by atoms with Crippen LogP contribution >= 0.6 is 22.9 Å². The number of thiazole rings is 1. The quantitative estimate of drug-likeness (QED) is 0.684. The molecule has 0 spiro atoms. The smallest absolute Gasteiger partial charge is 0.271 e. The molecule has 0 amide bonds. The number of nitro benzene ring substituents is 1. The van der Waals surface area contributed by atoms with E-state index < -0.39 is 4.92 Å². The molecule has 0 atom stereocenters. The first-order valence-corrected chi connectivity index (χ1v) is 5.59. The van der Waals surface area contributed by atoms with Crippen LogP contribution in [0.25, 0.3) is 0 Å². The van der Waals surface area contributed by atoms with Crippen molar-refractivity contribution in [1.29, 1.82) is 0 Å². The van der Waals surface area contributed by atoms with Gasteiger partial charge in [-0.15, -0.1) is 0 Å². The van der Waals surface area contributed by atoms with E-state index in [0.717, 1.165) is 11.3 Å². The first kappa shape index (κ1) is 11.6. The molecule has 88 valence electrons. The van der Waals surface area contributed by atoms with Crippen molar-refractivity contribution >= 4 is 33.8 Å². The summed E-state index contributed by atoms with van der Waals surface area (Å²) in [5.41, 5.74) is 5.35. The molecule has 2 N–H and O–H groups in total. The lowest BCUT2D eigenvalue weighted by Gasteiger charge is -2.03. The SMILES string of the molecule is Nc1ncc(Oc2ccc([N+](=O)[O-])cc2Cl)s1. The van der Waals surface area contributed by atoms with Crippen LogP contribution in [0.2, 0.25) is 5.02 Å². The van der Waals surface area contributed by atoms with Gasteiger partial charge in [0.25, 0.3) is 5.69 Å². The summed E-state index contributed by atoms with van der Waals surface area (Å²) in [6.45, 7) is 0. The highest BCUT2D eigenvalue weighted by Crippen LogP contribution is 2.34. The van der Waals surface area contributed by atoms with E-state index in [0.29, 0.717) is 15.9 Å². The third-order valence-electron chi connectivity index (χ3n) is 1.84. The van der Waals surface area contributed by atoms with Gasteiger partial charge in [-0.1, -0.05) is 22.9 Å². The Bertz CT molecular complexity index is 572. The summed E-state index contributed by atoms with van der Waals surface area (Å²) >= 11 is 7.01. The van der Waals surface area contributed by atoms with E-state index >= 15 is 0 Å². The second kappa shape index (κ2) is 4.56. The summed E-state index contributed by atoms with van der Waals surface area (Å²) in [6, 6.07) is 3.96. The Balaban J connectivity index is 2.25. The van der Waals surface area contributed by atoms with Crippen LogP contribution in [-0.2, 0) is 0 Å². The molecule has 0 radical (unpaired) electrons. The van der Waals surface area contributed by atoms with Gasteiger partial charge in [0.2, 0.25) is 5.06 Å². The molecule has 0 unspecified atom stereocenters. The highest BCUT2D eigenvalue weighted by molar-refractivity contribution is 7.17. The van der Waals surface area contributed by atoms with Gasteiger partial charge in [0.15, 0.2) is 5.13 Å². The number of non-ortho nitro benzene ring substituents is 1. The molecule has 1 heterocycles. The van der Waals surface area contributed by atoms with E-state index in [2.05, 4.69) is 4.98 Å². The number of nitro groups is 1. The highest BCUT2D eigenvalue weighted by atomic mass is 35.5. The third kappa shape index (κ3) is 2.63. The second-order valence-electron chi connectivity index (χ2n) is 2.99. The highest BCUT2D eigenvalue weighted by Gasteiger charge is 2.11. The number of anilines is 1. The van der Waals surface area contributed by atoms with E-state index in [4.69, 9.17) is 22.1 Å². The lowest BCUT2D eigenvalue weighted by atomic mass is 10.3. The van der Waals surface area contributed by atoms with Crippen LogP contribution < -0.4 is 10.5 Å². The summed E-state index contributed by atoms with van der Waals surface area (Å²) in [4.78, 5) is 13.8. The van der Waals surface area contributed by atoms with Gasteiger partial charge in [0, 0.05) is 12.1 Å². The van der Waals surface area contributed by atoms with E-state index in [1.165, 1.54) is 24.4 Å². The minimum absolute atomic E-state index is 0.0915. The Morgan fingerprint density at radius 2 is 2.29 bits per heavy atom. The monoisotopic (exact) mass is 271 g/mol. The zero-order chi connectivity index (χ0) is 12.4. The normalized spacial score (nSPS) is 10.2. The number of hydrogen-bond donors (Lipinski definition) is 1. The first-order valence-electron chi connectivity index (χ1n) is 4.39. The molecule has 0 aliphatic carbocycles. The summed E-state index contributed by atoms with van der Waals surface area (Å²) < 4.78 is 5.39. The molecule has 1 aromatic heterocycles. The van der Waals surface area contributed by atoms with Crippen LogP contribution in [-0.4, -0.2) is 9.91 Å². The van der Waals surface area contributed by atoms with E-state index in [1.807, 2.05) is 0 Å². The van der Waals surface area contributed by atoms with Crippen molar-refractivity contribution in [3.63, 3.8) is 0 Å². The number of nitrogens with zero attached hydrogens (tertiary/aromatic N) is 2. The van der Waals surface area contributed by atoms with Crippen LogP contribution in [0.5, 0.6) is 10.8 Å². The molecule has 0 aliphatic heterocycles. The van der Waals surface area contributed by atoms with Crippen molar-refractivity contribution in [2.75, 3.05) is 5.73 Å². The van der Waals surface area contributed by atoms with Crippen LogP contribution in [0.4, 0.5) is 10.8 Å². The minimum atomic E-state index is -0.527. The Morgan fingerprint density at radius 1 is 1.53 bits per heavy atom. The predicted molar refractivity (Wildman–Crippen MR) is 64.7 cm³/mol. The molecular formula is C9H6ClN3O3S. The molecular weight excluding hydrogens is 266 g/mol. The fraction of sp³-hybridized carbons (Fsp3) is 0. The zero-order valence-corrected chi connectivity index (χ0v) is 9.86. The van der Waals surface area contributed by atoms with Crippen molar-refractivity contribution in [2.45, 2.75) is 0 Å². The number of nitrogens with two attached hydrogens (primary N) is 1. The third-order valence-corrected chi connectivity index (χ3v) is 2.84. The summed E-state index contributed by atoms with van der Waals surface area (Å²) in [6.07, 6.45) is 1.46. The Kier molecular flexibility index (Phi) is 3.12. The molecule has 0 bridgehead atoms. The maximum absolute atomic E-state index is 10.5. The van der Waals surface area contributed by atoms with Crippen molar-refractivity contribution in [1.82, 2.24) is 4.98 Å². The van der Waals surface area contributed by atoms with Gasteiger partial charge in [-0.05, 0) is 6.07 Å².